The van der Waals surface area contributed by atoms with Crippen molar-refractivity contribution in [3.63, 3.8) is 0 Å². The number of benzene rings is 2. The highest BCUT2D eigenvalue weighted by Gasteiger charge is 2.35. The van der Waals surface area contributed by atoms with Crippen molar-refractivity contribution < 1.29 is 28.6 Å². The largest absolute Gasteiger partial charge is 0.490 e. The molecule has 8 nitrogen and oxygen atoms in total. The van der Waals surface area contributed by atoms with Gasteiger partial charge >= 0.3 is 12.0 Å². The molecule has 0 aliphatic carbocycles. The van der Waals surface area contributed by atoms with Crippen LogP contribution in [0.4, 0.5) is 4.79 Å². The van der Waals surface area contributed by atoms with Gasteiger partial charge in [-0.05, 0) is 42.7 Å². The van der Waals surface area contributed by atoms with E-state index in [1.54, 1.807) is 12.1 Å². The van der Waals surface area contributed by atoms with Crippen LogP contribution >= 0.6 is 0 Å². The quantitative estimate of drug-likeness (QED) is 0.258. The highest BCUT2D eigenvalue weighted by atomic mass is 16.5. The van der Waals surface area contributed by atoms with Gasteiger partial charge in [-0.2, -0.15) is 0 Å². The van der Waals surface area contributed by atoms with Gasteiger partial charge in [0.05, 0.1) is 13.7 Å². The molecule has 2 aromatic rings. The minimum absolute atomic E-state index is 0.0499. The third-order valence-corrected chi connectivity index (χ3v) is 4.83. The number of hydrogen-bond donors (Lipinski definition) is 1. The average molecular weight is 450 g/mol. The standard InChI is InChI=1S/C25H26N2O6/c1-4-9-19-12-18(13-20-24(29)27(25(30)26-20)15-22(28)31-3)14-21(32-5-2)23(19)33-16-17-10-7-6-8-11-17/h4,6-8,10-14H,1,5,9,15-16H2,2-3H3,(H,26,30). The Kier molecular flexibility index (Phi) is 7.86. The SMILES string of the molecule is C=CCc1cc(C=C2NC(=O)N(CC(=O)OC)C2=O)cc(OCC)c1OCc1ccccc1. The Morgan fingerprint density at radius 3 is 2.58 bits per heavy atom. The second-order valence-electron chi connectivity index (χ2n) is 7.16. The van der Waals surface area contributed by atoms with Crippen LogP contribution in [0, 0.1) is 0 Å². The number of urea groups is 1. The van der Waals surface area contributed by atoms with Gasteiger partial charge in [0.2, 0.25) is 0 Å². The molecule has 1 aliphatic heterocycles. The number of allylic oxidation sites excluding steroid dienone is 1. The number of carbonyl (C=O) groups is 3. The summed E-state index contributed by atoms with van der Waals surface area (Å²) in [6.45, 7) is 6.00. The van der Waals surface area contributed by atoms with Crippen molar-refractivity contribution in [2.75, 3.05) is 20.3 Å². The zero-order valence-electron chi connectivity index (χ0n) is 18.6. The van der Waals surface area contributed by atoms with Crippen molar-refractivity contribution in [1.29, 1.82) is 0 Å². The molecule has 33 heavy (non-hydrogen) atoms. The fourth-order valence-electron chi connectivity index (χ4n) is 3.31. The molecular weight excluding hydrogens is 424 g/mol. The summed E-state index contributed by atoms with van der Waals surface area (Å²) in [5.41, 5.74) is 2.52. The van der Waals surface area contributed by atoms with Crippen molar-refractivity contribution >= 4 is 24.0 Å². The Morgan fingerprint density at radius 1 is 1.15 bits per heavy atom. The van der Waals surface area contributed by atoms with Gasteiger partial charge in [0, 0.05) is 5.56 Å². The number of esters is 1. The smallest absolute Gasteiger partial charge is 0.329 e. The second-order valence-corrected chi connectivity index (χ2v) is 7.16. The number of ether oxygens (including phenoxy) is 3. The van der Waals surface area contributed by atoms with Crippen LogP contribution in [0.2, 0.25) is 0 Å². The molecule has 3 rings (SSSR count). The number of nitrogens with one attached hydrogen (secondary N) is 1. The number of rotatable bonds is 10. The third-order valence-electron chi connectivity index (χ3n) is 4.83. The van der Waals surface area contributed by atoms with E-state index >= 15 is 0 Å². The van der Waals surface area contributed by atoms with Crippen molar-refractivity contribution in [2.24, 2.45) is 0 Å². The summed E-state index contributed by atoms with van der Waals surface area (Å²) >= 11 is 0. The summed E-state index contributed by atoms with van der Waals surface area (Å²) in [5, 5.41) is 2.49. The normalized spacial score (nSPS) is 14.2. The predicted molar refractivity (Wildman–Crippen MR) is 123 cm³/mol. The first kappa shape index (κ1) is 23.6. The van der Waals surface area contributed by atoms with Crippen LogP contribution in [-0.2, 0) is 27.4 Å². The summed E-state index contributed by atoms with van der Waals surface area (Å²) in [4.78, 5) is 37.0. The van der Waals surface area contributed by atoms with E-state index in [-0.39, 0.29) is 5.70 Å². The van der Waals surface area contributed by atoms with Crippen LogP contribution in [-0.4, -0.2) is 43.1 Å². The van der Waals surface area contributed by atoms with Crippen LogP contribution in [0.25, 0.3) is 6.08 Å². The lowest BCUT2D eigenvalue weighted by Gasteiger charge is -2.17. The van der Waals surface area contributed by atoms with Gasteiger partial charge in [-0.15, -0.1) is 6.58 Å². The summed E-state index contributed by atoms with van der Waals surface area (Å²) in [5.74, 6) is -0.190. The maximum Gasteiger partial charge on any atom is 0.329 e. The van der Waals surface area contributed by atoms with Crippen LogP contribution in [0.3, 0.4) is 0 Å². The minimum atomic E-state index is -0.688. The molecule has 0 aromatic heterocycles. The van der Waals surface area contributed by atoms with Gasteiger partial charge in [-0.3, -0.25) is 9.59 Å². The number of amides is 3. The van der Waals surface area contributed by atoms with Crippen LogP contribution in [0.1, 0.15) is 23.6 Å². The van der Waals surface area contributed by atoms with Crippen molar-refractivity contribution in [1.82, 2.24) is 10.2 Å². The van der Waals surface area contributed by atoms with Crippen molar-refractivity contribution in [3.05, 3.63) is 77.5 Å². The lowest BCUT2D eigenvalue weighted by molar-refractivity contribution is -0.143. The molecule has 0 saturated carbocycles. The summed E-state index contributed by atoms with van der Waals surface area (Å²) in [6.07, 6.45) is 3.79. The van der Waals surface area contributed by atoms with Gasteiger partial charge in [0.25, 0.3) is 5.91 Å². The molecule has 3 amide bonds. The van der Waals surface area contributed by atoms with E-state index in [9.17, 15) is 14.4 Å². The van der Waals surface area contributed by atoms with E-state index in [4.69, 9.17) is 9.47 Å². The maximum atomic E-state index is 12.6. The minimum Gasteiger partial charge on any atom is -0.490 e. The van der Waals surface area contributed by atoms with E-state index in [0.29, 0.717) is 36.7 Å². The van der Waals surface area contributed by atoms with Crippen LogP contribution in [0.15, 0.2) is 60.8 Å². The van der Waals surface area contributed by atoms with E-state index in [2.05, 4.69) is 16.6 Å². The van der Waals surface area contributed by atoms with Crippen LogP contribution in [0.5, 0.6) is 11.5 Å². The third kappa shape index (κ3) is 5.79. The Bertz CT molecular complexity index is 1080. The monoisotopic (exact) mass is 450 g/mol. The first-order chi connectivity index (χ1) is 16.0. The Morgan fingerprint density at radius 2 is 1.91 bits per heavy atom. The highest BCUT2D eigenvalue weighted by Crippen LogP contribution is 2.35. The molecule has 0 bridgehead atoms. The first-order valence-corrected chi connectivity index (χ1v) is 10.5. The number of methoxy groups -OCH3 is 1. The topological polar surface area (TPSA) is 94.2 Å². The molecule has 1 saturated heterocycles. The molecule has 0 spiro atoms. The Hall–Kier alpha value is -4.07. The van der Waals surface area contributed by atoms with Gasteiger partial charge < -0.3 is 19.5 Å². The average Bonchev–Trinajstić information content (AvgIpc) is 3.06. The summed E-state index contributed by atoms with van der Waals surface area (Å²) in [6, 6.07) is 12.7. The molecule has 2 aromatic carbocycles. The second kappa shape index (κ2) is 11.0. The fourth-order valence-corrected chi connectivity index (χ4v) is 3.31. The van der Waals surface area contributed by atoms with Crippen LogP contribution < -0.4 is 14.8 Å². The van der Waals surface area contributed by atoms with Gasteiger partial charge in [-0.1, -0.05) is 36.4 Å². The highest BCUT2D eigenvalue weighted by molar-refractivity contribution is 6.15. The number of carbonyl (C=O) groups excluding carboxylic acids is 3. The fraction of sp³-hybridized carbons (Fsp3) is 0.240. The van der Waals surface area contributed by atoms with E-state index in [1.165, 1.54) is 13.2 Å². The molecular formula is C25H26N2O6. The van der Waals surface area contributed by atoms with Gasteiger partial charge in [0.15, 0.2) is 11.5 Å². The molecule has 0 unspecified atom stereocenters. The predicted octanol–water partition coefficient (Wildman–Crippen LogP) is 3.46. The molecule has 1 aliphatic rings. The molecule has 172 valence electrons. The molecule has 8 heteroatoms. The zero-order chi connectivity index (χ0) is 23.8. The summed E-state index contributed by atoms with van der Waals surface area (Å²) in [7, 11) is 1.19. The lowest BCUT2D eigenvalue weighted by atomic mass is 10.0. The summed E-state index contributed by atoms with van der Waals surface area (Å²) < 4.78 is 16.5. The number of imide groups is 1. The maximum absolute atomic E-state index is 12.6. The molecule has 1 fully saturated rings. The van der Waals surface area contributed by atoms with E-state index in [1.807, 2.05) is 43.3 Å². The Balaban J connectivity index is 1.92. The zero-order valence-corrected chi connectivity index (χ0v) is 18.6. The van der Waals surface area contributed by atoms with Crippen molar-refractivity contribution in [2.45, 2.75) is 20.0 Å². The Labute approximate surface area is 192 Å². The van der Waals surface area contributed by atoms with Gasteiger partial charge in [-0.25, -0.2) is 9.69 Å². The van der Waals surface area contributed by atoms with Crippen molar-refractivity contribution in [3.8, 4) is 11.5 Å². The molecule has 1 heterocycles. The molecule has 0 atom stereocenters. The van der Waals surface area contributed by atoms with Gasteiger partial charge in [0.1, 0.15) is 18.8 Å². The lowest BCUT2D eigenvalue weighted by Crippen LogP contribution is -2.36. The number of nitrogens with zero attached hydrogens (tertiary/aromatic N) is 1. The van der Waals surface area contributed by atoms with E-state index in [0.717, 1.165) is 16.0 Å². The molecule has 0 radical (unpaired) electrons. The first-order valence-electron chi connectivity index (χ1n) is 10.5. The number of hydrogen-bond acceptors (Lipinski definition) is 6. The van der Waals surface area contributed by atoms with E-state index < -0.39 is 24.5 Å². The molecule has 1 N–H and O–H groups in total.